The van der Waals surface area contributed by atoms with E-state index < -0.39 is 11.6 Å². The number of nitrogens with zero attached hydrogens (tertiary/aromatic N) is 2. The molecule has 1 aromatic carbocycles. The molecule has 0 aliphatic rings. The van der Waals surface area contributed by atoms with Gasteiger partial charge in [0.15, 0.2) is 11.6 Å². The molecule has 1 aromatic heterocycles. The van der Waals surface area contributed by atoms with Crippen molar-refractivity contribution in [3.05, 3.63) is 53.7 Å². The van der Waals surface area contributed by atoms with Crippen molar-refractivity contribution < 1.29 is 13.5 Å². The van der Waals surface area contributed by atoms with Crippen molar-refractivity contribution in [2.45, 2.75) is 0 Å². The van der Waals surface area contributed by atoms with Crippen molar-refractivity contribution in [3.63, 3.8) is 0 Å². The van der Waals surface area contributed by atoms with Gasteiger partial charge in [-0.25, -0.2) is 13.8 Å². The number of ether oxygens (including phenoxy) is 1. The van der Waals surface area contributed by atoms with E-state index in [1.807, 2.05) is 6.07 Å². The van der Waals surface area contributed by atoms with E-state index in [0.29, 0.717) is 0 Å². The van der Waals surface area contributed by atoms with Crippen LogP contribution in [0.4, 0.5) is 8.78 Å². The van der Waals surface area contributed by atoms with Crippen molar-refractivity contribution in [3.8, 4) is 17.7 Å². The Labute approximate surface area is 95.9 Å². The van der Waals surface area contributed by atoms with Gasteiger partial charge in [0.2, 0.25) is 5.88 Å². The first kappa shape index (κ1) is 11.0. The van der Waals surface area contributed by atoms with Crippen LogP contribution in [0.3, 0.4) is 0 Å². The summed E-state index contributed by atoms with van der Waals surface area (Å²) in [5.74, 6) is -1.71. The summed E-state index contributed by atoms with van der Waals surface area (Å²) in [7, 11) is 0. The van der Waals surface area contributed by atoms with E-state index in [1.54, 1.807) is 6.07 Å². The van der Waals surface area contributed by atoms with Gasteiger partial charge in [-0.15, -0.1) is 0 Å². The van der Waals surface area contributed by atoms with Crippen LogP contribution in [-0.2, 0) is 0 Å². The van der Waals surface area contributed by atoms with Gasteiger partial charge in [-0.3, -0.25) is 0 Å². The lowest BCUT2D eigenvalue weighted by atomic mass is 10.3. The Bertz CT molecular complexity index is 593. The fourth-order valence-corrected chi connectivity index (χ4v) is 1.22. The van der Waals surface area contributed by atoms with Crippen molar-refractivity contribution in [1.82, 2.24) is 4.98 Å². The Morgan fingerprint density at radius 2 is 2.06 bits per heavy atom. The van der Waals surface area contributed by atoms with E-state index in [9.17, 15) is 8.78 Å². The standard InChI is InChI=1S/C12H6F2N2O/c13-9-3-4-10(14)11(6-9)17-12-8(7-15)2-1-5-16-12/h1-6H. The summed E-state index contributed by atoms with van der Waals surface area (Å²) in [5, 5.41) is 8.78. The molecule has 0 radical (unpaired) electrons. The summed E-state index contributed by atoms with van der Waals surface area (Å²) in [6.45, 7) is 0. The van der Waals surface area contributed by atoms with Gasteiger partial charge in [-0.1, -0.05) is 0 Å². The molecule has 17 heavy (non-hydrogen) atoms. The molecule has 0 atom stereocenters. The van der Waals surface area contributed by atoms with Gasteiger partial charge in [0.05, 0.1) is 0 Å². The fourth-order valence-electron chi connectivity index (χ4n) is 1.22. The zero-order chi connectivity index (χ0) is 12.3. The van der Waals surface area contributed by atoms with Gasteiger partial charge >= 0.3 is 0 Å². The minimum absolute atomic E-state index is 0.0560. The third kappa shape index (κ3) is 2.37. The highest BCUT2D eigenvalue weighted by molar-refractivity contribution is 5.40. The zero-order valence-electron chi connectivity index (χ0n) is 8.52. The molecule has 0 fully saturated rings. The second-order valence-corrected chi connectivity index (χ2v) is 3.14. The van der Waals surface area contributed by atoms with Gasteiger partial charge in [-0.2, -0.15) is 5.26 Å². The van der Waals surface area contributed by atoms with E-state index in [2.05, 4.69) is 4.98 Å². The first-order chi connectivity index (χ1) is 8.20. The third-order valence-electron chi connectivity index (χ3n) is 1.99. The Kier molecular flexibility index (Phi) is 2.97. The number of nitriles is 1. The molecule has 3 nitrogen and oxygen atoms in total. The molecular formula is C12H6F2N2O. The lowest BCUT2D eigenvalue weighted by Crippen LogP contribution is -1.94. The Balaban J connectivity index is 2.38. The topological polar surface area (TPSA) is 45.9 Å². The Morgan fingerprint density at radius 3 is 2.82 bits per heavy atom. The van der Waals surface area contributed by atoms with Crippen molar-refractivity contribution in [2.24, 2.45) is 0 Å². The second kappa shape index (κ2) is 4.58. The fraction of sp³-hybridized carbons (Fsp3) is 0. The molecule has 2 rings (SSSR count). The summed E-state index contributed by atoms with van der Waals surface area (Å²) in [6.07, 6.45) is 1.40. The van der Waals surface area contributed by atoms with Crippen molar-refractivity contribution in [1.29, 1.82) is 5.26 Å². The van der Waals surface area contributed by atoms with Crippen LogP contribution in [0.15, 0.2) is 36.5 Å². The molecular weight excluding hydrogens is 226 g/mol. The first-order valence-corrected chi connectivity index (χ1v) is 4.69. The summed E-state index contributed by atoms with van der Waals surface area (Å²) < 4.78 is 31.3. The molecule has 0 aliphatic carbocycles. The summed E-state index contributed by atoms with van der Waals surface area (Å²) in [4.78, 5) is 3.78. The lowest BCUT2D eigenvalue weighted by molar-refractivity contribution is 0.421. The maximum atomic E-state index is 13.3. The van der Waals surface area contributed by atoms with Crippen LogP contribution in [0.5, 0.6) is 11.6 Å². The quantitative estimate of drug-likeness (QED) is 0.799. The molecule has 5 heteroatoms. The van der Waals surface area contributed by atoms with Crippen LogP contribution in [-0.4, -0.2) is 4.98 Å². The van der Waals surface area contributed by atoms with E-state index >= 15 is 0 Å². The predicted molar refractivity (Wildman–Crippen MR) is 55.4 cm³/mol. The summed E-state index contributed by atoms with van der Waals surface area (Å²) >= 11 is 0. The zero-order valence-corrected chi connectivity index (χ0v) is 8.52. The molecule has 84 valence electrons. The highest BCUT2D eigenvalue weighted by Crippen LogP contribution is 2.25. The van der Waals surface area contributed by atoms with Gasteiger partial charge in [0.1, 0.15) is 17.4 Å². The van der Waals surface area contributed by atoms with Crippen LogP contribution in [0.25, 0.3) is 0 Å². The molecule has 0 N–H and O–H groups in total. The van der Waals surface area contributed by atoms with Crippen molar-refractivity contribution in [2.75, 3.05) is 0 Å². The Morgan fingerprint density at radius 1 is 1.24 bits per heavy atom. The molecule has 0 amide bonds. The maximum Gasteiger partial charge on any atom is 0.237 e. The SMILES string of the molecule is N#Cc1cccnc1Oc1cc(F)ccc1F. The minimum atomic E-state index is -0.721. The van der Waals surface area contributed by atoms with E-state index in [4.69, 9.17) is 10.00 Å². The number of hydrogen-bond acceptors (Lipinski definition) is 3. The highest BCUT2D eigenvalue weighted by Gasteiger charge is 2.10. The summed E-state index contributed by atoms with van der Waals surface area (Å²) in [6, 6.07) is 7.68. The molecule has 1 heterocycles. The molecule has 0 bridgehead atoms. The van der Waals surface area contributed by atoms with Crippen LogP contribution in [0.2, 0.25) is 0 Å². The average molecular weight is 232 g/mol. The Hall–Kier alpha value is -2.48. The minimum Gasteiger partial charge on any atom is -0.434 e. The number of rotatable bonds is 2. The number of benzene rings is 1. The number of hydrogen-bond donors (Lipinski definition) is 0. The third-order valence-corrected chi connectivity index (χ3v) is 1.99. The second-order valence-electron chi connectivity index (χ2n) is 3.14. The van der Waals surface area contributed by atoms with Gasteiger partial charge < -0.3 is 4.74 Å². The van der Waals surface area contributed by atoms with Crippen LogP contribution in [0, 0.1) is 23.0 Å². The van der Waals surface area contributed by atoms with E-state index in [-0.39, 0.29) is 17.2 Å². The largest absolute Gasteiger partial charge is 0.434 e. The van der Waals surface area contributed by atoms with Gasteiger partial charge in [-0.05, 0) is 24.3 Å². The molecule has 0 unspecified atom stereocenters. The first-order valence-electron chi connectivity index (χ1n) is 4.69. The van der Waals surface area contributed by atoms with Crippen molar-refractivity contribution >= 4 is 0 Å². The van der Waals surface area contributed by atoms with Crippen LogP contribution in [0.1, 0.15) is 5.56 Å². The number of pyridine rings is 1. The van der Waals surface area contributed by atoms with E-state index in [0.717, 1.165) is 18.2 Å². The lowest BCUT2D eigenvalue weighted by Gasteiger charge is -2.06. The summed E-state index contributed by atoms with van der Waals surface area (Å²) in [5.41, 5.74) is 0.149. The maximum absolute atomic E-state index is 13.3. The van der Waals surface area contributed by atoms with Crippen LogP contribution >= 0.6 is 0 Å². The highest BCUT2D eigenvalue weighted by atomic mass is 19.1. The van der Waals surface area contributed by atoms with E-state index in [1.165, 1.54) is 12.3 Å². The average Bonchev–Trinajstić information content (AvgIpc) is 2.34. The monoisotopic (exact) mass is 232 g/mol. The molecule has 0 spiro atoms. The van der Waals surface area contributed by atoms with Gasteiger partial charge in [0.25, 0.3) is 0 Å². The molecule has 0 aliphatic heterocycles. The van der Waals surface area contributed by atoms with Crippen LogP contribution < -0.4 is 4.74 Å². The molecule has 0 saturated heterocycles. The molecule has 2 aromatic rings. The van der Waals surface area contributed by atoms with Gasteiger partial charge in [0, 0.05) is 12.3 Å². The smallest absolute Gasteiger partial charge is 0.237 e. The number of halogens is 2. The normalized spacial score (nSPS) is 9.71. The molecule has 0 saturated carbocycles. The predicted octanol–water partition coefficient (Wildman–Crippen LogP) is 3.02. The number of aromatic nitrogens is 1.